The first-order valence-electron chi connectivity index (χ1n) is 11.4. The number of nitrogens with one attached hydrogen (secondary N) is 1. The summed E-state index contributed by atoms with van der Waals surface area (Å²) >= 11 is 0. The van der Waals surface area contributed by atoms with E-state index >= 15 is 0 Å². The summed E-state index contributed by atoms with van der Waals surface area (Å²) in [6, 6.07) is 2.23. The summed E-state index contributed by atoms with van der Waals surface area (Å²) in [6.45, 7) is 1.29. The van der Waals surface area contributed by atoms with Crippen LogP contribution < -0.4 is 5.32 Å². The van der Waals surface area contributed by atoms with E-state index in [0.717, 1.165) is 46.7 Å². The summed E-state index contributed by atoms with van der Waals surface area (Å²) in [5.41, 5.74) is -0.945. The number of amides is 4. The minimum atomic E-state index is -4.42. The zero-order valence-corrected chi connectivity index (χ0v) is 19.7. The number of rotatable bonds is 5. The lowest BCUT2D eigenvalue weighted by molar-refractivity contribution is -0.140. The van der Waals surface area contributed by atoms with Crippen LogP contribution in [0, 0.1) is 17.6 Å². The van der Waals surface area contributed by atoms with E-state index < -0.39 is 56.5 Å². The van der Waals surface area contributed by atoms with Crippen molar-refractivity contribution < 1.29 is 31.6 Å². The Bertz CT molecular complexity index is 1080. The van der Waals surface area contributed by atoms with Crippen molar-refractivity contribution in [3.05, 3.63) is 29.8 Å². The number of benzene rings is 1. The van der Waals surface area contributed by atoms with E-state index in [9.17, 15) is 31.6 Å². The topological polar surface area (TPSA) is 107 Å². The normalized spacial score (nSPS) is 26.3. The molecule has 1 saturated carbocycles. The second-order valence-electron chi connectivity index (χ2n) is 9.09. The fraction of sp³-hybridized carbons (Fsp3) is 0.591. The van der Waals surface area contributed by atoms with Crippen molar-refractivity contribution in [3.8, 4) is 0 Å². The molecule has 1 aromatic rings. The molecule has 9 nitrogen and oxygen atoms in total. The first-order chi connectivity index (χ1) is 16.1. The van der Waals surface area contributed by atoms with Gasteiger partial charge in [-0.2, -0.15) is 4.31 Å². The Hall–Kier alpha value is -2.60. The minimum Gasteiger partial charge on any atom is -0.338 e. The second kappa shape index (κ2) is 9.21. The van der Waals surface area contributed by atoms with E-state index in [4.69, 9.17) is 0 Å². The Kier molecular flexibility index (Phi) is 6.65. The molecule has 12 heteroatoms. The number of hydrogen-bond acceptors (Lipinski definition) is 5. The Labute approximate surface area is 197 Å². The summed E-state index contributed by atoms with van der Waals surface area (Å²) in [5.74, 6) is -2.72. The fourth-order valence-corrected chi connectivity index (χ4v) is 6.54. The maximum Gasteiger partial charge on any atom is 0.325 e. The van der Waals surface area contributed by atoms with E-state index in [0.29, 0.717) is 18.8 Å². The number of halogens is 2. The highest BCUT2D eigenvalue weighted by atomic mass is 32.2. The molecule has 2 heterocycles. The molecule has 186 valence electrons. The van der Waals surface area contributed by atoms with E-state index in [2.05, 4.69) is 12.2 Å². The number of nitrogens with zero attached hydrogens (tertiary/aromatic N) is 3. The van der Waals surface area contributed by atoms with Crippen LogP contribution in [0.5, 0.6) is 0 Å². The molecule has 1 aliphatic carbocycles. The molecule has 0 atom stereocenters. The monoisotopic (exact) mass is 498 g/mol. The highest BCUT2D eigenvalue weighted by Gasteiger charge is 2.52. The average molecular weight is 499 g/mol. The molecule has 3 fully saturated rings. The van der Waals surface area contributed by atoms with Gasteiger partial charge in [-0.3, -0.25) is 14.5 Å². The Balaban J connectivity index is 1.37. The molecule has 2 saturated heterocycles. The molecule has 1 N–H and O–H groups in total. The molecule has 1 spiro atoms. The third-order valence-corrected chi connectivity index (χ3v) is 9.13. The molecule has 3 aliphatic rings. The first kappa shape index (κ1) is 24.5. The predicted octanol–water partition coefficient (Wildman–Crippen LogP) is 1.69. The highest BCUT2D eigenvalue weighted by Crippen LogP contribution is 2.37. The van der Waals surface area contributed by atoms with Gasteiger partial charge in [-0.1, -0.05) is 19.4 Å². The van der Waals surface area contributed by atoms with Gasteiger partial charge >= 0.3 is 6.03 Å². The zero-order chi connectivity index (χ0) is 24.7. The van der Waals surface area contributed by atoms with Gasteiger partial charge in [0, 0.05) is 26.2 Å². The van der Waals surface area contributed by atoms with Crippen LogP contribution in [-0.2, 0) is 19.6 Å². The van der Waals surface area contributed by atoms with Crippen molar-refractivity contribution in [1.29, 1.82) is 0 Å². The van der Waals surface area contributed by atoms with Crippen molar-refractivity contribution in [2.45, 2.75) is 49.5 Å². The molecule has 4 amide bonds. The smallest absolute Gasteiger partial charge is 0.325 e. The van der Waals surface area contributed by atoms with Gasteiger partial charge in [0.2, 0.25) is 15.9 Å². The maximum absolute atomic E-state index is 14.0. The molecule has 0 radical (unpaired) electrons. The molecular formula is C22H28F2N4O5S. The quantitative estimate of drug-likeness (QED) is 0.622. The van der Waals surface area contributed by atoms with Crippen molar-refractivity contribution in [2.75, 3.05) is 32.7 Å². The van der Waals surface area contributed by atoms with Gasteiger partial charge in [0.05, 0.1) is 0 Å². The van der Waals surface area contributed by atoms with Crippen LogP contribution in [0.15, 0.2) is 23.1 Å². The lowest BCUT2D eigenvalue weighted by Crippen LogP contribution is -2.53. The van der Waals surface area contributed by atoms with Crippen LogP contribution in [0.1, 0.15) is 39.0 Å². The average Bonchev–Trinajstić information content (AvgIpc) is 3.03. The minimum absolute atomic E-state index is 0.0267. The largest absolute Gasteiger partial charge is 0.338 e. The van der Waals surface area contributed by atoms with Gasteiger partial charge in [0.1, 0.15) is 23.7 Å². The molecule has 0 unspecified atom stereocenters. The van der Waals surface area contributed by atoms with Crippen LogP contribution in [-0.4, -0.2) is 78.6 Å². The summed E-state index contributed by atoms with van der Waals surface area (Å²) in [7, 11) is -4.42. The van der Waals surface area contributed by atoms with Crippen molar-refractivity contribution in [1.82, 2.24) is 19.4 Å². The number of carbonyl (C=O) groups is 3. The van der Waals surface area contributed by atoms with E-state index in [1.807, 2.05) is 0 Å². The standard InChI is InChI=1S/C22H28F2N4O5S/c1-2-15-6-8-22(9-7-15)20(30)28(21(31)25-22)14-18(29)26-10-12-27(13-11-26)34(32,33)19-16(23)4-3-5-17(19)24/h3-5,15H,2,6-14H2,1H3,(H,25,31). The molecule has 0 aromatic heterocycles. The summed E-state index contributed by atoms with van der Waals surface area (Å²) in [4.78, 5) is 39.6. The highest BCUT2D eigenvalue weighted by molar-refractivity contribution is 7.89. The molecule has 34 heavy (non-hydrogen) atoms. The van der Waals surface area contributed by atoms with Crippen LogP contribution in [0.2, 0.25) is 0 Å². The predicted molar refractivity (Wildman–Crippen MR) is 117 cm³/mol. The van der Waals surface area contributed by atoms with Gasteiger partial charge in [0.15, 0.2) is 4.90 Å². The first-order valence-corrected chi connectivity index (χ1v) is 12.9. The van der Waals surface area contributed by atoms with Crippen LogP contribution in [0.25, 0.3) is 0 Å². The summed E-state index contributed by atoms with van der Waals surface area (Å²) < 4.78 is 54.4. The number of imide groups is 1. The third kappa shape index (κ3) is 4.28. The van der Waals surface area contributed by atoms with Gasteiger partial charge in [-0.25, -0.2) is 22.0 Å². The number of carbonyl (C=O) groups excluding carboxylic acids is 3. The molecule has 4 rings (SSSR count). The van der Waals surface area contributed by atoms with Gasteiger partial charge < -0.3 is 10.2 Å². The van der Waals surface area contributed by atoms with E-state index in [1.165, 1.54) is 4.90 Å². The lowest BCUT2D eigenvalue weighted by Gasteiger charge is -2.35. The van der Waals surface area contributed by atoms with Crippen molar-refractivity contribution in [3.63, 3.8) is 0 Å². The van der Waals surface area contributed by atoms with Gasteiger partial charge in [-0.05, 0) is 43.7 Å². The van der Waals surface area contributed by atoms with Crippen LogP contribution >= 0.6 is 0 Å². The van der Waals surface area contributed by atoms with Gasteiger partial charge in [-0.15, -0.1) is 0 Å². The summed E-state index contributed by atoms with van der Waals surface area (Å²) in [6.07, 6.45) is 3.78. The maximum atomic E-state index is 14.0. The Morgan fingerprint density at radius 3 is 2.24 bits per heavy atom. The Morgan fingerprint density at radius 1 is 1.09 bits per heavy atom. The molecule has 2 aliphatic heterocycles. The zero-order valence-electron chi connectivity index (χ0n) is 18.9. The fourth-order valence-electron chi connectivity index (χ4n) is 5.01. The Morgan fingerprint density at radius 2 is 1.68 bits per heavy atom. The van der Waals surface area contributed by atoms with Crippen molar-refractivity contribution in [2.24, 2.45) is 5.92 Å². The molecule has 1 aromatic carbocycles. The van der Waals surface area contributed by atoms with Crippen molar-refractivity contribution >= 4 is 27.9 Å². The van der Waals surface area contributed by atoms with Crippen LogP contribution in [0.3, 0.4) is 0 Å². The number of piperazine rings is 1. The number of hydrogen-bond donors (Lipinski definition) is 1. The third-order valence-electron chi connectivity index (χ3n) is 7.18. The second-order valence-corrected chi connectivity index (χ2v) is 11.0. The number of sulfonamides is 1. The molecular weight excluding hydrogens is 470 g/mol. The van der Waals surface area contributed by atoms with E-state index in [-0.39, 0.29) is 26.2 Å². The lowest BCUT2D eigenvalue weighted by atomic mass is 9.75. The number of urea groups is 1. The SMILES string of the molecule is CCC1CCC2(CC1)NC(=O)N(CC(=O)N1CCN(S(=O)(=O)c3c(F)cccc3F)CC1)C2=O. The van der Waals surface area contributed by atoms with Crippen LogP contribution in [0.4, 0.5) is 13.6 Å². The van der Waals surface area contributed by atoms with Gasteiger partial charge in [0.25, 0.3) is 5.91 Å². The van der Waals surface area contributed by atoms with E-state index in [1.54, 1.807) is 0 Å². The molecule has 0 bridgehead atoms. The summed E-state index contributed by atoms with van der Waals surface area (Å²) in [5, 5.41) is 2.79.